The maximum atomic E-state index is 12.6. The Kier molecular flexibility index (Phi) is 6.25. The highest BCUT2D eigenvalue weighted by Gasteiger charge is 2.43. The van der Waals surface area contributed by atoms with E-state index in [4.69, 9.17) is 18.9 Å². The Morgan fingerprint density at radius 2 is 1.86 bits per heavy atom. The van der Waals surface area contributed by atoms with Crippen LogP contribution >= 0.6 is 0 Å². The van der Waals surface area contributed by atoms with Crippen LogP contribution in [-0.2, 0) is 23.7 Å². The normalized spacial score (nSPS) is 31.0. The summed E-state index contributed by atoms with van der Waals surface area (Å²) in [5, 5.41) is 2.62. The molecule has 0 aliphatic carbocycles. The molecule has 0 aromatic heterocycles. The largest absolute Gasteiger partial charge is 0.458 e. The topological polar surface area (TPSA) is 83.1 Å². The van der Waals surface area contributed by atoms with Crippen LogP contribution in [0.3, 0.4) is 0 Å². The third-order valence-electron chi connectivity index (χ3n) is 4.74. The van der Waals surface area contributed by atoms with Crippen LogP contribution < -0.4 is 5.32 Å². The molecule has 0 bridgehead atoms. The fourth-order valence-electron chi connectivity index (χ4n) is 3.47. The van der Waals surface area contributed by atoms with Crippen LogP contribution in [0.2, 0.25) is 0 Å². The van der Waals surface area contributed by atoms with Gasteiger partial charge in [-0.15, -0.1) is 0 Å². The summed E-state index contributed by atoms with van der Waals surface area (Å²) in [7, 11) is 0. The van der Waals surface area contributed by atoms with E-state index in [1.165, 1.54) is 0 Å². The van der Waals surface area contributed by atoms with Crippen LogP contribution in [0, 0.1) is 0 Å². The monoisotopic (exact) mass is 391 g/mol. The van der Waals surface area contributed by atoms with Crippen molar-refractivity contribution in [3.8, 4) is 0 Å². The first-order valence-electron chi connectivity index (χ1n) is 9.79. The maximum Gasteiger partial charge on any atom is 0.408 e. The molecule has 154 valence electrons. The predicted octanol–water partition coefficient (Wildman–Crippen LogP) is 3.48. The molecule has 1 N–H and O–H groups in total. The van der Waals surface area contributed by atoms with E-state index < -0.39 is 36.1 Å². The zero-order valence-corrected chi connectivity index (χ0v) is 16.8. The summed E-state index contributed by atoms with van der Waals surface area (Å²) in [6.07, 6.45) is -0.260. The van der Waals surface area contributed by atoms with Crippen molar-refractivity contribution in [2.45, 2.75) is 83.2 Å². The van der Waals surface area contributed by atoms with Gasteiger partial charge < -0.3 is 24.3 Å². The van der Waals surface area contributed by atoms with Crippen LogP contribution in [-0.4, -0.2) is 42.0 Å². The summed E-state index contributed by atoms with van der Waals surface area (Å²) in [6.45, 7) is 7.11. The molecule has 2 fully saturated rings. The van der Waals surface area contributed by atoms with E-state index in [0.29, 0.717) is 19.3 Å². The van der Waals surface area contributed by atoms with Crippen LogP contribution in [0.15, 0.2) is 30.3 Å². The minimum atomic E-state index is -0.749. The van der Waals surface area contributed by atoms with E-state index in [2.05, 4.69) is 5.32 Å². The van der Waals surface area contributed by atoms with E-state index in [1.54, 1.807) is 27.7 Å². The van der Waals surface area contributed by atoms with Crippen LogP contribution in [0.4, 0.5) is 4.79 Å². The number of nitrogens with one attached hydrogen (secondary N) is 1. The van der Waals surface area contributed by atoms with Gasteiger partial charge in [-0.25, -0.2) is 9.59 Å². The highest BCUT2D eigenvalue weighted by molar-refractivity contribution is 5.81. The minimum absolute atomic E-state index is 0.173. The number of rotatable bonds is 2. The average molecular weight is 391 g/mol. The summed E-state index contributed by atoms with van der Waals surface area (Å²) < 4.78 is 23.0. The lowest BCUT2D eigenvalue weighted by Crippen LogP contribution is -2.45. The van der Waals surface area contributed by atoms with Gasteiger partial charge in [0.15, 0.2) is 6.29 Å². The number of cyclic esters (lactones) is 1. The lowest BCUT2D eigenvalue weighted by molar-refractivity contribution is -0.159. The molecule has 2 saturated heterocycles. The van der Waals surface area contributed by atoms with E-state index in [0.717, 1.165) is 5.56 Å². The molecule has 1 aromatic rings. The molecule has 2 heterocycles. The number of alkyl carbamates (subject to hydrolysis) is 1. The van der Waals surface area contributed by atoms with Crippen molar-refractivity contribution in [1.82, 2.24) is 5.32 Å². The Bertz CT molecular complexity index is 686. The van der Waals surface area contributed by atoms with Gasteiger partial charge in [0.1, 0.15) is 23.9 Å². The third-order valence-corrected chi connectivity index (χ3v) is 4.74. The Morgan fingerprint density at radius 1 is 1.14 bits per heavy atom. The zero-order valence-electron chi connectivity index (χ0n) is 16.8. The molecule has 2 aliphatic heterocycles. The lowest BCUT2D eigenvalue weighted by Gasteiger charge is -2.24. The SMILES string of the molecule is C[C@@H]1OC(=O)[C@@H](NC(=O)OC(C)(C)C)CCC[C@@H]2OC(c3ccccc3)O[C@@H]12. The second kappa shape index (κ2) is 8.49. The first kappa shape index (κ1) is 20.6. The van der Waals surface area contributed by atoms with Gasteiger partial charge in [-0.1, -0.05) is 30.3 Å². The number of benzene rings is 1. The molecular weight excluding hydrogens is 362 g/mol. The van der Waals surface area contributed by atoms with Gasteiger partial charge in [-0.3, -0.25) is 0 Å². The summed E-state index contributed by atoms with van der Waals surface area (Å²) >= 11 is 0. The molecule has 7 heteroatoms. The van der Waals surface area contributed by atoms with E-state index >= 15 is 0 Å². The zero-order chi connectivity index (χ0) is 20.3. The van der Waals surface area contributed by atoms with Crippen molar-refractivity contribution in [3.05, 3.63) is 35.9 Å². The summed E-state index contributed by atoms with van der Waals surface area (Å²) in [6, 6.07) is 8.96. The molecular formula is C21H29NO6. The number of esters is 1. The molecule has 5 atom stereocenters. The second-order valence-electron chi connectivity index (χ2n) is 8.29. The molecule has 0 saturated carbocycles. The highest BCUT2D eigenvalue weighted by Crippen LogP contribution is 2.36. The van der Waals surface area contributed by atoms with Gasteiger partial charge in [0.05, 0.1) is 6.10 Å². The highest BCUT2D eigenvalue weighted by atomic mass is 16.7. The number of hydrogen-bond donors (Lipinski definition) is 1. The fraction of sp³-hybridized carbons (Fsp3) is 0.619. The van der Waals surface area contributed by atoms with E-state index in [-0.39, 0.29) is 12.2 Å². The van der Waals surface area contributed by atoms with Gasteiger partial charge >= 0.3 is 12.1 Å². The first-order chi connectivity index (χ1) is 13.2. The van der Waals surface area contributed by atoms with Gasteiger partial charge in [0.25, 0.3) is 0 Å². The minimum Gasteiger partial charge on any atom is -0.458 e. The summed E-state index contributed by atoms with van der Waals surface area (Å²) in [5.41, 5.74) is 0.306. The number of ether oxygens (including phenoxy) is 4. The summed E-state index contributed by atoms with van der Waals surface area (Å²) in [4.78, 5) is 24.6. The molecule has 7 nitrogen and oxygen atoms in total. The Morgan fingerprint density at radius 3 is 2.54 bits per heavy atom. The Balaban J connectivity index is 1.64. The van der Waals surface area contributed by atoms with Crippen molar-refractivity contribution >= 4 is 12.1 Å². The fourth-order valence-corrected chi connectivity index (χ4v) is 3.47. The number of carbonyl (C=O) groups excluding carboxylic acids is 2. The third kappa shape index (κ3) is 5.23. The lowest BCUT2D eigenvalue weighted by atomic mass is 10.0. The number of amides is 1. The van der Waals surface area contributed by atoms with Crippen molar-refractivity contribution < 1.29 is 28.5 Å². The number of hydrogen-bond acceptors (Lipinski definition) is 6. The molecule has 3 rings (SSSR count). The van der Waals surface area contributed by atoms with Gasteiger partial charge in [-0.2, -0.15) is 0 Å². The maximum absolute atomic E-state index is 12.6. The van der Waals surface area contributed by atoms with E-state index in [9.17, 15) is 9.59 Å². The Hall–Kier alpha value is -2.12. The van der Waals surface area contributed by atoms with Crippen LogP contribution in [0.1, 0.15) is 58.8 Å². The predicted molar refractivity (Wildman–Crippen MR) is 101 cm³/mol. The van der Waals surface area contributed by atoms with Crippen LogP contribution in [0.5, 0.6) is 0 Å². The molecule has 1 amide bonds. The van der Waals surface area contributed by atoms with Crippen molar-refractivity contribution in [1.29, 1.82) is 0 Å². The number of carbonyl (C=O) groups is 2. The molecule has 2 aliphatic rings. The Labute approximate surface area is 165 Å². The van der Waals surface area contributed by atoms with E-state index in [1.807, 2.05) is 30.3 Å². The quantitative estimate of drug-likeness (QED) is 0.777. The average Bonchev–Trinajstić information content (AvgIpc) is 3.04. The molecule has 28 heavy (non-hydrogen) atoms. The standard InChI is InChI=1S/C21H29NO6/c1-13-17-16(26-19(27-17)14-9-6-5-7-10-14)12-8-11-15(18(23)25-13)22-20(24)28-21(2,3)4/h5-7,9-10,13,15-17,19H,8,11-12H2,1-4H3,(H,22,24)/t13-,15-,16-,17-,19?/m0/s1. The van der Waals surface area contributed by atoms with Crippen LogP contribution in [0.25, 0.3) is 0 Å². The summed E-state index contributed by atoms with van der Waals surface area (Å²) in [5.74, 6) is -0.481. The van der Waals surface area contributed by atoms with Crippen molar-refractivity contribution in [3.63, 3.8) is 0 Å². The molecule has 0 radical (unpaired) electrons. The number of fused-ring (bicyclic) bond motifs is 1. The van der Waals surface area contributed by atoms with Gasteiger partial charge in [0.2, 0.25) is 0 Å². The molecule has 1 aromatic carbocycles. The molecule has 1 unspecified atom stereocenters. The van der Waals surface area contributed by atoms with Crippen molar-refractivity contribution in [2.24, 2.45) is 0 Å². The van der Waals surface area contributed by atoms with Gasteiger partial charge in [-0.05, 0) is 47.0 Å². The molecule has 0 spiro atoms. The van der Waals surface area contributed by atoms with Crippen molar-refractivity contribution in [2.75, 3.05) is 0 Å². The van der Waals surface area contributed by atoms with Gasteiger partial charge in [0, 0.05) is 5.56 Å². The first-order valence-corrected chi connectivity index (χ1v) is 9.79. The second-order valence-corrected chi connectivity index (χ2v) is 8.29. The smallest absolute Gasteiger partial charge is 0.408 e.